The van der Waals surface area contributed by atoms with Crippen LogP contribution in [0.3, 0.4) is 0 Å². The molecule has 6 nitrogen and oxygen atoms in total. The van der Waals surface area contributed by atoms with E-state index in [4.69, 9.17) is 5.73 Å². The fourth-order valence-corrected chi connectivity index (χ4v) is 2.37. The third-order valence-corrected chi connectivity index (χ3v) is 3.78. The summed E-state index contributed by atoms with van der Waals surface area (Å²) in [5.41, 5.74) is 6.39. The number of nitrogens with two attached hydrogens (primary N) is 1. The quantitative estimate of drug-likeness (QED) is 0.584. The SMILES string of the molecule is COC(=O)[C@@H](N)CC=NS(=O)(=O)CCc1ccccc1. The summed E-state index contributed by atoms with van der Waals surface area (Å²) >= 11 is 0. The fourth-order valence-electron chi connectivity index (χ4n) is 1.46. The molecule has 110 valence electrons. The van der Waals surface area contributed by atoms with Crippen LogP contribution in [-0.4, -0.2) is 39.5 Å². The zero-order valence-electron chi connectivity index (χ0n) is 11.2. The molecule has 0 radical (unpaired) electrons. The van der Waals surface area contributed by atoms with Crippen molar-refractivity contribution in [2.75, 3.05) is 12.9 Å². The molecule has 0 saturated carbocycles. The van der Waals surface area contributed by atoms with Crippen molar-refractivity contribution in [1.82, 2.24) is 0 Å². The molecular weight excluding hydrogens is 280 g/mol. The van der Waals surface area contributed by atoms with E-state index in [9.17, 15) is 13.2 Å². The van der Waals surface area contributed by atoms with E-state index in [1.165, 1.54) is 7.11 Å². The highest BCUT2D eigenvalue weighted by Crippen LogP contribution is 2.03. The Morgan fingerprint density at radius 2 is 2.05 bits per heavy atom. The van der Waals surface area contributed by atoms with E-state index in [1.807, 2.05) is 30.3 Å². The first kappa shape index (κ1) is 16.3. The molecule has 0 fully saturated rings. The minimum Gasteiger partial charge on any atom is -0.468 e. The van der Waals surface area contributed by atoms with Crippen molar-refractivity contribution in [2.45, 2.75) is 18.9 Å². The summed E-state index contributed by atoms with van der Waals surface area (Å²) in [6.07, 6.45) is 1.56. The van der Waals surface area contributed by atoms with Gasteiger partial charge in [-0.25, -0.2) is 8.42 Å². The zero-order valence-corrected chi connectivity index (χ0v) is 12.0. The topological polar surface area (TPSA) is 98.8 Å². The van der Waals surface area contributed by atoms with Gasteiger partial charge in [-0.15, -0.1) is 0 Å². The van der Waals surface area contributed by atoms with Crippen molar-refractivity contribution in [2.24, 2.45) is 10.1 Å². The molecular formula is C13H18N2O4S. The van der Waals surface area contributed by atoms with Crippen molar-refractivity contribution in [1.29, 1.82) is 0 Å². The number of carbonyl (C=O) groups excluding carboxylic acids is 1. The van der Waals surface area contributed by atoms with E-state index in [0.717, 1.165) is 11.8 Å². The number of rotatable bonds is 7. The van der Waals surface area contributed by atoms with Crippen molar-refractivity contribution >= 4 is 22.2 Å². The van der Waals surface area contributed by atoms with Gasteiger partial charge in [0.15, 0.2) is 0 Å². The second-order valence-electron chi connectivity index (χ2n) is 4.17. The molecule has 0 saturated heterocycles. The first-order chi connectivity index (χ1) is 9.44. The highest BCUT2D eigenvalue weighted by Gasteiger charge is 2.13. The van der Waals surface area contributed by atoms with E-state index in [0.29, 0.717) is 6.42 Å². The van der Waals surface area contributed by atoms with Gasteiger partial charge in [0.05, 0.1) is 12.9 Å². The smallest absolute Gasteiger partial charge is 0.323 e. The van der Waals surface area contributed by atoms with E-state index >= 15 is 0 Å². The molecule has 0 aliphatic heterocycles. The number of methoxy groups -OCH3 is 1. The number of nitrogens with zero attached hydrogens (tertiary/aromatic N) is 1. The molecule has 7 heteroatoms. The van der Waals surface area contributed by atoms with Gasteiger partial charge in [0.1, 0.15) is 6.04 Å². The Labute approximate surface area is 118 Å². The lowest BCUT2D eigenvalue weighted by atomic mass is 10.2. The summed E-state index contributed by atoms with van der Waals surface area (Å²) in [6, 6.07) is 8.37. The van der Waals surface area contributed by atoms with E-state index in [-0.39, 0.29) is 12.2 Å². The molecule has 0 spiro atoms. The van der Waals surface area contributed by atoms with Crippen LogP contribution in [0.25, 0.3) is 0 Å². The summed E-state index contributed by atoms with van der Waals surface area (Å²) < 4.78 is 31.3. The first-order valence-corrected chi connectivity index (χ1v) is 7.69. The van der Waals surface area contributed by atoms with Gasteiger partial charge in [-0.2, -0.15) is 4.40 Å². The fraction of sp³-hybridized carbons (Fsp3) is 0.385. The Kier molecular flexibility index (Phi) is 6.33. The largest absolute Gasteiger partial charge is 0.468 e. The number of aryl methyl sites for hydroxylation is 1. The van der Waals surface area contributed by atoms with Crippen LogP contribution in [0.4, 0.5) is 0 Å². The maximum Gasteiger partial charge on any atom is 0.323 e. The zero-order chi connectivity index (χ0) is 15.0. The van der Waals surface area contributed by atoms with Gasteiger partial charge in [0.2, 0.25) is 0 Å². The third-order valence-electron chi connectivity index (χ3n) is 2.59. The van der Waals surface area contributed by atoms with Crippen LogP contribution < -0.4 is 5.73 Å². The van der Waals surface area contributed by atoms with Crippen molar-refractivity contribution in [3.05, 3.63) is 35.9 Å². The highest BCUT2D eigenvalue weighted by atomic mass is 32.2. The average Bonchev–Trinajstić information content (AvgIpc) is 2.45. The Morgan fingerprint density at radius 1 is 1.40 bits per heavy atom. The Bertz CT molecular complexity index is 555. The van der Waals surface area contributed by atoms with Crippen LogP contribution in [0.2, 0.25) is 0 Å². The monoisotopic (exact) mass is 298 g/mol. The van der Waals surface area contributed by atoms with Crippen LogP contribution in [-0.2, 0) is 26.0 Å². The van der Waals surface area contributed by atoms with Gasteiger partial charge in [0.25, 0.3) is 10.0 Å². The number of hydrogen-bond donors (Lipinski definition) is 1. The Hall–Kier alpha value is -1.73. The molecule has 1 aromatic rings. The molecule has 0 aliphatic rings. The van der Waals surface area contributed by atoms with Crippen molar-refractivity contribution in [3.63, 3.8) is 0 Å². The molecule has 1 atom stereocenters. The molecule has 20 heavy (non-hydrogen) atoms. The third kappa shape index (κ3) is 5.94. The lowest BCUT2D eigenvalue weighted by molar-refractivity contribution is -0.141. The Morgan fingerprint density at radius 3 is 2.65 bits per heavy atom. The molecule has 1 rings (SSSR count). The van der Waals surface area contributed by atoms with E-state index < -0.39 is 22.0 Å². The molecule has 0 aliphatic carbocycles. The first-order valence-electron chi connectivity index (χ1n) is 6.08. The van der Waals surface area contributed by atoms with Gasteiger partial charge >= 0.3 is 5.97 Å². The predicted molar refractivity (Wildman–Crippen MR) is 77.0 cm³/mol. The molecule has 0 heterocycles. The van der Waals surface area contributed by atoms with Gasteiger partial charge in [0, 0.05) is 12.6 Å². The highest BCUT2D eigenvalue weighted by molar-refractivity contribution is 7.90. The number of esters is 1. The second-order valence-corrected chi connectivity index (χ2v) is 5.96. The van der Waals surface area contributed by atoms with Crippen LogP contribution in [0, 0.1) is 0 Å². The summed E-state index contributed by atoms with van der Waals surface area (Å²) in [5.74, 6) is -0.681. The standard InChI is InChI=1S/C13H18N2O4S/c1-19-13(16)12(14)7-9-15-20(17,18)10-8-11-5-3-2-4-6-11/h2-6,9,12H,7-8,10,14H2,1H3/t12-/m0/s1. The number of ether oxygens (including phenoxy) is 1. The van der Waals surface area contributed by atoms with Gasteiger partial charge < -0.3 is 10.5 Å². The number of sulfonamides is 1. The van der Waals surface area contributed by atoms with Crippen LogP contribution in [0.15, 0.2) is 34.7 Å². The molecule has 0 aromatic heterocycles. The Balaban J connectivity index is 2.47. The maximum absolute atomic E-state index is 11.7. The lowest BCUT2D eigenvalue weighted by Crippen LogP contribution is -2.31. The van der Waals surface area contributed by atoms with Gasteiger partial charge in [-0.3, -0.25) is 4.79 Å². The van der Waals surface area contributed by atoms with Crippen molar-refractivity contribution < 1.29 is 17.9 Å². The lowest BCUT2D eigenvalue weighted by Gasteiger charge is -2.04. The minimum absolute atomic E-state index is 0.0250. The van der Waals surface area contributed by atoms with E-state index in [1.54, 1.807) is 0 Å². The number of benzene rings is 1. The van der Waals surface area contributed by atoms with Crippen molar-refractivity contribution in [3.8, 4) is 0 Å². The second kappa shape index (κ2) is 7.76. The summed E-state index contributed by atoms with van der Waals surface area (Å²) in [7, 11) is -2.33. The van der Waals surface area contributed by atoms with Gasteiger partial charge in [-0.1, -0.05) is 30.3 Å². The predicted octanol–water partition coefficient (Wildman–Crippen LogP) is 0.520. The molecule has 0 amide bonds. The van der Waals surface area contributed by atoms with Gasteiger partial charge in [-0.05, 0) is 12.0 Å². The summed E-state index contributed by atoms with van der Waals surface area (Å²) in [4.78, 5) is 11.0. The summed E-state index contributed by atoms with van der Waals surface area (Å²) in [6.45, 7) is 0. The van der Waals surface area contributed by atoms with E-state index in [2.05, 4.69) is 9.13 Å². The molecule has 0 unspecified atom stereocenters. The van der Waals surface area contributed by atoms with Crippen LogP contribution in [0.5, 0.6) is 0 Å². The minimum atomic E-state index is -3.55. The normalized spacial score (nSPS) is 13.3. The average molecular weight is 298 g/mol. The molecule has 2 N–H and O–H groups in total. The molecule has 1 aromatic carbocycles. The number of hydrogen-bond acceptors (Lipinski definition) is 5. The van der Waals surface area contributed by atoms with Crippen LogP contribution >= 0.6 is 0 Å². The summed E-state index contributed by atoms with van der Waals surface area (Å²) in [5, 5.41) is 0. The maximum atomic E-state index is 11.7. The molecule has 0 bridgehead atoms. The van der Waals surface area contributed by atoms with Crippen LogP contribution in [0.1, 0.15) is 12.0 Å². The number of carbonyl (C=O) groups is 1.